The Labute approximate surface area is 104 Å². The van der Waals surface area contributed by atoms with E-state index in [-0.39, 0.29) is 11.9 Å². The summed E-state index contributed by atoms with van der Waals surface area (Å²) in [6, 6.07) is -0.348. The summed E-state index contributed by atoms with van der Waals surface area (Å²) in [7, 11) is 0. The lowest BCUT2D eigenvalue weighted by Crippen LogP contribution is -2.45. The molecule has 0 spiro atoms. The molecule has 1 atom stereocenters. The molecule has 0 unspecified atom stereocenters. The Hall–Kier alpha value is -0.650. The first-order valence-corrected chi connectivity index (χ1v) is 6.57. The third-order valence-corrected chi connectivity index (χ3v) is 3.04. The molecule has 0 aromatic carbocycles. The van der Waals surface area contributed by atoms with Crippen molar-refractivity contribution < 1.29 is 9.53 Å². The number of rotatable bonds is 7. The second-order valence-corrected chi connectivity index (χ2v) is 4.49. The Morgan fingerprint density at radius 2 is 2.18 bits per heavy atom. The zero-order chi connectivity index (χ0) is 12.5. The van der Waals surface area contributed by atoms with E-state index in [1.54, 1.807) is 0 Å². The SMILES string of the molecule is CCCC[C@H](N)C(=O)NCCN1CCOCC1. The zero-order valence-electron chi connectivity index (χ0n) is 10.8. The van der Waals surface area contributed by atoms with Crippen LogP contribution in [0.3, 0.4) is 0 Å². The highest BCUT2D eigenvalue weighted by atomic mass is 16.5. The van der Waals surface area contributed by atoms with Gasteiger partial charge in [-0.3, -0.25) is 9.69 Å². The summed E-state index contributed by atoms with van der Waals surface area (Å²) in [6.07, 6.45) is 2.87. The number of hydrogen-bond donors (Lipinski definition) is 2. The molecule has 3 N–H and O–H groups in total. The van der Waals surface area contributed by atoms with Crippen LogP contribution in [-0.4, -0.2) is 56.2 Å². The van der Waals surface area contributed by atoms with Crippen molar-refractivity contribution in [3.8, 4) is 0 Å². The molecule has 1 amide bonds. The second kappa shape index (κ2) is 8.44. The van der Waals surface area contributed by atoms with E-state index < -0.39 is 0 Å². The number of ether oxygens (including phenoxy) is 1. The van der Waals surface area contributed by atoms with Crippen LogP contribution in [0, 0.1) is 0 Å². The molecular formula is C12H25N3O2. The average Bonchev–Trinajstić information content (AvgIpc) is 2.37. The highest BCUT2D eigenvalue weighted by Gasteiger charge is 2.13. The largest absolute Gasteiger partial charge is 0.379 e. The molecule has 1 aliphatic heterocycles. The molecule has 0 bridgehead atoms. The van der Waals surface area contributed by atoms with Crippen LogP contribution >= 0.6 is 0 Å². The van der Waals surface area contributed by atoms with Gasteiger partial charge in [-0.25, -0.2) is 0 Å². The maximum absolute atomic E-state index is 11.6. The van der Waals surface area contributed by atoms with Gasteiger partial charge < -0.3 is 15.8 Å². The van der Waals surface area contributed by atoms with Gasteiger partial charge in [-0.1, -0.05) is 19.8 Å². The first kappa shape index (κ1) is 14.4. The van der Waals surface area contributed by atoms with E-state index in [0.29, 0.717) is 6.54 Å². The Morgan fingerprint density at radius 3 is 2.82 bits per heavy atom. The predicted octanol–water partition coefficient (Wildman–Crippen LogP) is -0.0477. The van der Waals surface area contributed by atoms with Crippen LogP contribution in [0.2, 0.25) is 0 Å². The molecule has 1 aliphatic rings. The monoisotopic (exact) mass is 243 g/mol. The molecule has 0 aromatic rings. The lowest BCUT2D eigenvalue weighted by atomic mass is 10.1. The lowest BCUT2D eigenvalue weighted by molar-refractivity contribution is -0.122. The van der Waals surface area contributed by atoms with Crippen molar-refractivity contribution in [2.24, 2.45) is 5.73 Å². The number of amides is 1. The van der Waals surface area contributed by atoms with Crippen LogP contribution < -0.4 is 11.1 Å². The standard InChI is InChI=1S/C12H25N3O2/c1-2-3-4-11(13)12(16)14-5-6-15-7-9-17-10-8-15/h11H,2-10,13H2,1H3,(H,14,16)/t11-/m0/s1. The van der Waals surface area contributed by atoms with Crippen LogP contribution in [0.5, 0.6) is 0 Å². The van der Waals surface area contributed by atoms with Gasteiger partial charge >= 0.3 is 0 Å². The number of carbonyl (C=O) groups excluding carboxylic acids is 1. The van der Waals surface area contributed by atoms with Gasteiger partial charge in [0, 0.05) is 26.2 Å². The highest BCUT2D eigenvalue weighted by Crippen LogP contribution is 1.98. The van der Waals surface area contributed by atoms with E-state index in [9.17, 15) is 4.79 Å². The Morgan fingerprint density at radius 1 is 1.47 bits per heavy atom. The molecule has 0 aromatic heterocycles. The van der Waals surface area contributed by atoms with Crippen molar-refractivity contribution in [1.82, 2.24) is 10.2 Å². The number of nitrogens with zero attached hydrogens (tertiary/aromatic N) is 1. The molecule has 5 nitrogen and oxygen atoms in total. The Bertz CT molecular complexity index is 218. The first-order valence-electron chi connectivity index (χ1n) is 6.57. The number of nitrogens with two attached hydrogens (primary N) is 1. The molecule has 1 fully saturated rings. The molecule has 1 heterocycles. The van der Waals surface area contributed by atoms with Crippen LogP contribution in [0.25, 0.3) is 0 Å². The van der Waals surface area contributed by atoms with Crippen molar-refractivity contribution in [2.75, 3.05) is 39.4 Å². The Kier molecular flexibility index (Phi) is 7.16. The molecule has 0 radical (unpaired) electrons. The van der Waals surface area contributed by atoms with E-state index in [1.807, 2.05) is 0 Å². The summed E-state index contributed by atoms with van der Waals surface area (Å²) in [5, 5.41) is 2.89. The maximum atomic E-state index is 11.6. The van der Waals surface area contributed by atoms with Gasteiger partial charge in [-0.2, -0.15) is 0 Å². The molecule has 100 valence electrons. The van der Waals surface area contributed by atoms with Crippen LogP contribution in [-0.2, 0) is 9.53 Å². The topological polar surface area (TPSA) is 67.6 Å². The number of carbonyl (C=O) groups is 1. The third kappa shape index (κ3) is 6.00. The van der Waals surface area contributed by atoms with Gasteiger partial charge in [0.15, 0.2) is 0 Å². The van der Waals surface area contributed by atoms with Crippen molar-refractivity contribution in [3.63, 3.8) is 0 Å². The predicted molar refractivity (Wildman–Crippen MR) is 67.8 cm³/mol. The first-order chi connectivity index (χ1) is 8.24. The normalized spacial score (nSPS) is 18.9. The quantitative estimate of drug-likeness (QED) is 0.658. The molecule has 17 heavy (non-hydrogen) atoms. The molecule has 0 aliphatic carbocycles. The van der Waals surface area contributed by atoms with Crippen molar-refractivity contribution >= 4 is 5.91 Å². The average molecular weight is 243 g/mol. The number of morpholine rings is 1. The summed E-state index contributed by atoms with van der Waals surface area (Å²) in [5.41, 5.74) is 5.78. The van der Waals surface area contributed by atoms with Gasteiger partial charge in [0.1, 0.15) is 0 Å². The number of hydrogen-bond acceptors (Lipinski definition) is 4. The molecule has 1 rings (SSSR count). The van der Waals surface area contributed by atoms with Gasteiger partial charge in [0.05, 0.1) is 19.3 Å². The second-order valence-electron chi connectivity index (χ2n) is 4.49. The van der Waals surface area contributed by atoms with E-state index in [4.69, 9.17) is 10.5 Å². The summed E-state index contributed by atoms with van der Waals surface area (Å²) >= 11 is 0. The van der Waals surface area contributed by atoms with Gasteiger partial charge in [-0.15, -0.1) is 0 Å². The minimum Gasteiger partial charge on any atom is -0.379 e. The fourth-order valence-electron chi connectivity index (χ4n) is 1.85. The number of unbranched alkanes of at least 4 members (excludes halogenated alkanes) is 1. The summed E-state index contributed by atoms with van der Waals surface area (Å²) < 4.78 is 5.26. The van der Waals surface area contributed by atoms with E-state index in [2.05, 4.69) is 17.1 Å². The minimum absolute atomic E-state index is 0.0216. The summed E-state index contributed by atoms with van der Waals surface area (Å²) in [5.74, 6) is -0.0216. The molecule has 0 saturated carbocycles. The number of nitrogens with one attached hydrogen (secondary N) is 1. The fraction of sp³-hybridized carbons (Fsp3) is 0.917. The Balaban J connectivity index is 2.06. The smallest absolute Gasteiger partial charge is 0.236 e. The fourth-order valence-corrected chi connectivity index (χ4v) is 1.85. The minimum atomic E-state index is -0.348. The molecule has 1 saturated heterocycles. The third-order valence-electron chi connectivity index (χ3n) is 3.04. The van der Waals surface area contributed by atoms with Crippen molar-refractivity contribution in [1.29, 1.82) is 0 Å². The summed E-state index contributed by atoms with van der Waals surface area (Å²) in [6.45, 7) is 7.17. The van der Waals surface area contributed by atoms with E-state index in [1.165, 1.54) is 0 Å². The van der Waals surface area contributed by atoms with Crippen molar-refractivity contribution in [3.05, 3.63) is 0 Å². The van der Waals surface area contributed by atoms with Crippen LogP contribution in [0.4, 0.5) is 0 Å². The maximum Gasteiger partial charge on any atom is 0.236 e. The van der Waals surface area contributed by atoms with Crippen LogP contribution in [0.1, 0.15) is 26.2 Å². The van der Waals surface area contributed by atoms with E-state index in [0.717, 1.165) is 52.1 Å². The highest BCUT2D eigenvalue weighted by molar-refractivity contribution is 5.81. The van der Waals surface area contributed by atoms with E-state index >= 15 is 0 Å². The lowest BCUT2D eigenvalue weighted by Gasteiger charge is -2.26. The van der Waals surface area contributed by atoms with Gasteiger partial charge in [0.2, 0.25) is 5.91 Å². The zero-order valence-corrected chi connectivity index (χ0v) is 10.8. The van der Waals surface area contributed by atoms with Gasteiger partial charge in [-0.05, 0) is 6.42 Å². The van der Waals surface area contributed by atoms with Crippen molar-refractivity contribution in [2.45, 2.75) is 32.2 Å². The molecule has 5 heteroatoms. The van der Waals surface area contributed by atoms with Crippen LogP contribution in [0.15, 0.2) is 0 Å². The summed E-state index contributed by atoms with van der Waals surface area (Å²) in [4.78, 5) is 13.9. The molecular weight excluding hydrogens is 218 g/mol. The van der Waals surface area contributed by atoms with Gasteiger partial charge in [0.25, 0.3) is 0 Å².